The van der Waals surface area contributed by atoms with E-state index in [-0.39, 0.29) is 17.7 Å². The second-order valence-corrected chi connectivity index (χ2v) is 9.04. The summed E-state index contributed by atoms with van der Waals surface area (Å²) in [7, 11) is 1.97. The van der Waals surface area contributed by atoms with Crippen LogP contribution in [-0.4, -0.2) is 29.0 Å². The lowest BCUT2D eigenvalue weighted by molar-refractivity contribution is 0.0697. The smallest absolute Gasteiger partial charge is 0.255 e. The lowest BCUT2D eigenvalue weighted by atomic mass is 9.76. The first-order valence-electron chi connectivity index (χ1n) is 11.3. The maximum Gasteiger partial charge on any atom is 0.255 e. The van der Waals surface area contributed by atoms with Crippen molar-refractivity contribution in [1.82, 2.24) is 4.90 Å². The Bertz CT molecular complexity index is 959. The molecule has 0 bridgehead atoms. The van der Waals surface area contributed by atoms with E-state index < -0.39 is 0 Å². The normalized spacial score (nSPS) is 25.3. The minimum Gasteiger partial charge on any atom is -0.508 e. The second kappa shape index (κ2) is 7.82. The lowest BCUT2D eigenvalue weighted by Crippen LogP contribution is -2.39. The number of benzene rings is 2. The number of amides is 1. The summed E-state index contributed by atoms with van der Waals surface area (Å²) >= 11 is 0. The van der Waals surface area contributed by atoms with Gasteiger partial charge in [-0.2, -0.15) is 0 Å². The van der Waals surface area contributed by atoms with Gasteiger partial charge in [0.15, 0.2) is 0 Å². The Morgan fingerprint density at radius 1 is 1.07 bits per heavy atom. The molecule has 156 valence electrons. The monoisotopic (exact) mass is 402 g/mol. The number of anilines is 1. The van der Waals surface area contributed by atoms with Crippen molar-refractivity contribution in [2.45, 2.75) is 56.5 Å². The SMILES string of the molecule is CN(C(=O)c1cccc2c1NC(c1ccc(O)cc1)C1CC=CC21)C1CCCCC1. The van der Waals surface area contributed by atoms with E-state index >= 15 is 0 Å². The molecule has 3 aliphatic rings. The average molecular weight is 403 g/mol. The first-order valence-corrected chi connectivity index (χ1v) is 11.3. The van der Waals surface area contributed by atoms with Gasteiger partial charge < -0.3 is 15.3 Å². The molecular formula is C26H30N2O2. The highest BCUT2D eigenvalue weighted by molar-refractivity contribution is 6.01. The van der Waals surface area contributed by atoms with Crippen LogP contribution in [0.25, 0.3) is 0 Å². The molecule has 4 heteroatoms. The first kappa shape index (κ1) is 19.2. The van der Waals surface area contributed by atoms with Crippen molar-refractivity contribution in [1.29, 1.82) is 0 Å². The number of hydrogen-bond donors (Lipinski definition) is 2. The summed E-state index contributed by atoms with van der Waals surface area (Å²) in [6.45, 7) is 0. The van der Waals surface area contributed by atoms with Crippen molar-refractivity contribution >= 4 is 11.6 Å². The van der Waals surface area contributed by atoms with Gasteiger partial charge in [0, 0.05) is 19.0 Å². The Labute approximate surface area is 178 Å². The molecular weight excluding hydrogens is 372 g/mol. The number of allylic oxidation sites excluding steroid dienone is 2. The number of para-hydroxylation sites is 1. The van der Waals surface area contributed by atoms with Gasteiger partial charge in [-0.05, 0) is 54.5 Å². The average Bonchev–Trinajstić information content (AvgIpc) is 3.29. The van der Waals surface area contributed by atoms with Gasteiger partial charge in [-0.1, -0.05) is 55.7 Å². The molecule has 0 spiro atoms. The molecule has 1 amide bonds. The number of carbonyl (C=O) groups is 1. The van der Waals surface area contributed by atoms with Gasteiger partial charge in [0.2, 0.25) is 0 Å². The Hall–Kier alpha value is -2.75. The van der Waals surface area contributed by atoms with Gasteiger partial charge in [-0.25, -0.2) is 0 Å². The largest absolute Gasteiger partial charge is 0.508 e. The molecule has 0 aromatic heterocycles. The summed E-state index contributed by atoms with van der Waals surface area (Å²) in [5.74, 6) is 1.13. The van der Waals surface area contributed by atoms with Crippen LogP contribution in [0, 0.1) is 5.92 Å². The van der Waals surface area contributed by atoms with Crippen molar-refractivity contribution < 1.29 is 9.90 Å². The lowest BCUT2D eigenvalue weighted by Gasteiger charge is -2.39. The summed E-state index contributed by atoms with van der Waals surface area (Å²) in [5.41, 5.74) is 4.14. The molecule has 2 aliphatic carbocycles. The number of aromatic hydroxyl groups is 1. The molecule has 5 rings (SSSR count). The van der Waals surface area contributed by atoms with E-state index in [2.05, 4.69) is 23.5 Å². The molecule has 2 aromatic rings. The summed E-state index contributed by atoms with van der Waals surface area (Å²) in [4.78, 5) is 15.5. The predicted molar refractivity (Wildman–Crippen MR) is 120 cm³/mol. The molecule has 4 nitrogen and oxygen atoms in total. The number of hydrogen-bond acceptors (Lipinski definition) is 3. The van der Waals surface area contributed by atoms with Crippen LogP contribution in [0.5, 0.6) is 5.75 Å². The van der Waals surface area contributed by atoms with E-state index in [0.29, 0.717) is 17.9 Å². The Morgan fingerprint density at radius 3 is 2.60 bits per heavy atom. The van der Waals surface area contributed by atoms with Crippen molar-refractivity contribution in [2.75, 3.05) is 12.4 Å². The van der Waals surface area contributed by atoms with E-state index in [0.717, 1.165) is 36.1 Å². The van der Waals surface area contributed by atoms with Crippen LogP contribution in [-0.2, 0) is 0 Å². The van der Waals surface area contributed by atoms with Crippen molar-refractivity contribution in [3.05, 3.63) is 71.3 Å². The van der Waals surface area contributed by atoms with Crippen molar-refractivity contribution in [2.24, 2.45) is 5.92 Å². The number of nitrogens with zero attached hydrogens (tertiary/aromatic N) is 1. The number of rotatable bonds is 3. The zero-order valence-corrected chi connectivity index (χ0v) is 17.6. The minimum absolute atomic E-state index is 0.118. The van der Waals surface area contributed by atoms with Gasteiger partial charge in [-0.3, -0.25) is 4.79 Å². The maximum absolute atomic E-state index is 13.5. The molecule has 2 aromatic carbocycles. The fourth-order valence-corrected chi connectivity index (χ4v) is 5.64. The van der Waals surface area contributed by atoms with Gasteiger partial charge in [0.25, 0.3) is 5.91 Å². The first-order chi connectivity index (χ1) is 14.6. The highest BCUT2D eigenvalue weighted by atomic mass is 16.3. The van der Waals surface area contributed by atoms with Crippen molar-refractivity contribution in [3.63, 3.8) is 0 Å². The maximum atomic E-state index is 13.5. The van der Waals surface area contributed by atoms with Gasteiger partial charge >= 0.3 is 0 Å². The highest BCUT2D eigenvalue weighted by Gasteiger charge is 2.39. The molecule has 1 fully saturated rings. The van der Waals surface area contributed by atoms with Crippen LogP contribution in [0.1, 0.15) is 72.0 Å². The second-order valence-electron chi connectivity index (χ2n) is 9.04. The standard InChI is InChI=1S/C26H30N2O2/c1-28(18-7-3-2-4-8-18)26(30)23-12-6-11-22-20-9-5-10-21(20)24(27-25(22)23)17-13-15-19(29)16-14-17/h5-6,9,11-16,18,20-21,24,27,29H,2-4,7-8,10H2,1H3. The summed E-state index contributed by atoms with van der Waals surface area (Å²) in [5, 5.41) is 13.5. The number of fused-ring (bicyclic) bond motifs is 3. The molecule has 1 heterocycles. The summed E-state index contributed by atoms with van der Waals surface area (Å²) in [6, 6.07) is 14.1. The molecule has 1 aliphatic heterocycles. The number of nitrogens with one attached hydrogen (secondary N) is 1. The number of phenols is 1. The third-order valence-corrected chi connectivity index (χ3v) is 7.32. The van der Waals surface area contributed by atoms with E-state index in [1.165, 1.54) is 24.8 Å². The zero-order valence-electron chi connectivity index (χ0n) is 17.6. The van der Waals surface area contributed by atoms with Crippen LogP contribution >= 0.6 is 0 Å². The van der Waals surface area contributed by atoms with Gasteiger partial charge in [0.05, 0.1) is 17.3 Å². The zero-order chi connectivity index (χ0) is 20.7. The van der Waals surface area contributed by atoms with Gasteiger partial charge in [-0.15, -0.1) is 0 Å². The van der Waals surface area contributed by atoms with Crippen molar-refractivity contribution in [3.8, 4) is 5.75 Å². The van der Waals surface area contributed by atoms with Crippen LogP contribution in [0.3, 0.4) is 0 Å². The number of phenolic OH excluding ortho intramolecular Hbond substituents is 1. The molecule has 2 N–H and O–H groups in total. The molecule has 1 saturated carbocycles. The molecule has 0 saturated heterocycles. The topological polar surface area (TPSA) is 52.6 Å². The van der Waals surface area contributed by atoms with Gasteiger partial charge in [0.1, 0.15) is 5.75 Å². The van der Waals surface area contributed by atoms with Crippen LogP contribution in [0.15, 0.2) is 54.6 Å². The summed E-state index contributed by atoms with van der Waals surface area (Å²) in [6.07, 6.45) is 11.5. The highest BCUT2D eigenvalue weighted by Crippen LogP contribution is 2.50. The van der Waals surface area contributed by atoms with Crippen LogP contribution < -0.4 is 5.32 Å². The third-order valence-electron chi connectivity index (χ3n) is 7.32. The summed E-state index contributed by atoms with van der Waals surface area (Å²) < 4.78 is 0. The third kappa shape index (κ3) is 3.28. The van der Waals surface area contributed by atoms with E-state index in [1.807, 2.05) is 36.2 Å². The van der Waals surface area contributed by atoms with Crippen LogP contribution in [0.4, 0.5) is 5.69 Å². The predicted octanol–water partition coefficient (Wildman–Crippen LogP) is 5.62. The molecule has 3 atom stereocenters. The fourth-order valence-electron chi connectivity index (χ4n) is 5.64. The Balaban J connectivity index is 1.51. The molecule has 0 radical (unpaired) electrons. The molecule has 3 unspecified atom stereocenters. The van der Waals surface area contributed by atoms with E-state index in [9.17, 15) is 9.90 Å². The number of carbonyl (C=O) groups excluding carboxylic acids is 1. The molecule has 30 heavy (non-hydrogen) atoms. The quantitative estimate of drug-likeness (QED) is 0.655. The minimum atomic E-state index is 0.118. The fraction of sp³-hybridized carbons (Fsp3) is 0.423. The van der Waals surface area contributed by atoms with E-state index in [4.69, 9.17) is 0 Å². The van der Waals surface area contributed by atoms with Crippen LogP contribution in [0.2, 0.25) is 0 Å². The Morgan fingerprint density at radius 2 is 1.83 bits per heavy atom. The Kier molecular flexibility index (Phi) is 5.01. The van der Waals surface area contributed by atoms with E-state index in [1.54, 1.807) is 12.1 Å².